The van der Waals surface area contributed by atoms with Gasteiger partial charge in [-0.15, -0.1) is 0 Å². The molecule has 2 aromatic carbocycles. The number of rotatable bonds is 3. The number of nitrogens with zero attached hydrogens (tertiary/aromatic N) is 1. The highest BCUT2D eigenvalue weighted by Crippen LogP contribution is 2.34. The predicted molar refractivity (Wildman–Crippen MR) is 77.8 cm³/mol. The van der Waals surface area contributed by atoms with E-state index in [1.54, 1.807) is 43.5 Å². The van der Waals surface area contributed by atoms with Gasteiger partial charge in [0.05, 0.1) is 13.2 Å². The number of hydrogen-bond acceptors (Lipinski definition) is 2. The Morgan fingerprint density at radius 2 is 1.81 bits per heavy atom. The van der Waals surface area contributed by atoms with Gasteiger partial charge >= 0.3 is 0 Å². The third-order valence-electron chi connectivity index (χ3n) is 3.87. The van der Waals surface area contributed by atoms with Gasteiger partial charge in [-0.3, -0.25) is 4.79 Å². The van der Waals surface area contributed by atoms with Gasteiger partial charge in [0.2, 0.25) is 0 Å². The molecule has 21 heavy (non-hydrogen) atoms. The zero-order valence-electron chi connectivity index (χ0n) is 11.8. The van der Waals surface area contributed by atoms with Crippen LogP contribution in [0, 0.1) is 5.82 Å². The Bertz CT molecular complexity index is 637. The molecule has 0 N–H and O–H groups in total. The van der Waals surface area contributed by atoms with Crippen LogP contribution in [0.2, 0.25) is 0 Å². The lowest BCUT2D eigenvalue weighted by Crippen LogP contribution is -2.45. The third kappa shape index (κ3) is 2.61. The molecule has 0 aromatic heterocycles. The Kier molecular flexibility index (Phi) is 3.60. The normalized spacial score (nSPS) is 17.2. The molecule has 108 valence electrons. The Morgan fingerprint density at radius 1 is 1.14 bits per heavy atom. The second kappa shape index (κ2) is 5.56. The second-order valence-corrected chi connectivity index (χ2v) is 5.08. The predicted octanol–water partition coefficient (Wildman–Crippen LogP) is 3.42. The maximum absolute atomic E-state index is 13.0. The molecule has 1 unspecified atom stereocenters. The summed E-state index contributed by atoms with van der Waals surface area (Å²) < 4.78 is 18.1. The molecule has 1 aliphatic heterocycles. The van der Waals surface area contributed by atoms with Crippen molar-refractivity contribution in [1.82, 2.24) is 4.90 Å². The first-order valence-electron chi connectivity index (χ1n) is 6.89. The van der Waals surface area contributed by atoms with Crippen molar-refractivity contribution >= 4 is 5.91 Å². The molecule has 3 rings (SSSR count). The molecule has 1 atom stereocenters. The van der Waals surface area contributed by atoms with E-state index in [1.165, 1.54) is 12.1 Å². The number of ether oxygens (including phenoxy) is 1. The van der Waals surface area contributed by atoms with Crippen LogP contribution in [-0.4, -0.2) is 24.5 Å². The second-order valence-electron chi connectivity index (χ2n) is 5.08. The van der Waals surface area contributed by atoms with Crippen molar-refractivity contribution in [3.05, 3.63) is 65.5 Å². The SMILES string of the molecule is COc1ccc(C(=O)N2CCC2c2ccc(F)cc2)cc1. The summed E-state index contributed by atoms with van der Waals surface area (Å²) in [5, 5.41) is 0. The first kappa shape index (κ1) is 13.6. The van der Waals surface area contributed by atoms with Crippen LogP contribution in [0.15, 0.2) is 48.5 Å². The number of methoxy groups -OCH3 is 1. The fourth-order valence-corrected chi connectivity index (χ4v) is 2.56. The monoisotopic (exact) mass is 285 g/mol. The van der Waals surface area contributed by atoms with Gasteiger partial charge in [-0.25, -0.2) is 4.39 Å². The number of carbonyl (C=O) groups excluding carboxylic acids is 1. The molecule has 4 heteroatoms. The summed E-state index contributed by atoms with van der Waals surface area (Å²) in [4.78, 5) is 14.3. The minimum atomic E-state index is -0.258. The number of benzene rings is 2. The van der Waals surface area contributed by atoms with E-state index >= 15 is 0 Å². The third-order valence-corrected chi connectivity index (χ3v) is 3.87. The van der Waals surface area contributed by atoms with Crippen molar-refractivity contribution in [1.29, 1.82) is 0 Å². The van der Waals surface area contributed by atoms with Crippen LogP contribution in [0.4, 0.5) is 4.39 Å². The lowest BCUT2D eigenvalue weighted by atomic mass is 9.93. The average molecular weight is 285 g/mol. The van der Waals surface area contributed by atoms with E-state index in [4.69, 9.17) is 4.74 Å². The highest BCUT2D eigenvalue weighted by atomic mass is 19.1. The number of likely N-dealkylation sites (tertiary alicyclic amines) is 1. The van der Waals surface area contributed by atoms with E-state index in [-0.39, 0.29) is 17.8 Å². The summed E-state index contributed by atoms with van der Waals surface area (Å²) in [6.45, 7) is 0.729. The van der Waals surface area contributed by atoms with Crippen LogP contribution in [0.5, 0.6) is 5.75 Å². The largest absolute Gasteiger partial charge is 0.497 e. The molecule has 1 saturated heterocycles. The number of hydrogen-bond donors (Lipinski definition) is 0. The van der Waals surface area contributed by atoms with Gasteiger partial charge in [-0.2, -0.15) is 0 Å². The fraction of sp³-hybridized carbons (Fsp3) is 0.235. The standard InChI is InChI=1S/C17H16FNO2/c1-21-15-8-4-13(5-9-15)17(20)19-11-10-16(19)12-2-6-14(18)7-3-12/h2-9,16H,10-11H2,1H3. The van der Waals surface area contributed by atoms with Crippen LogP contribution >= 0.6 is 0 Å². The van der Waals surface area contributed by atoms with Gasteiger partial charge in [0.15, 0.2) is 0 Å². The molecule has 1 heterocycles. The van der Waals surface area contributed by atoms with E-state index in [9.17, 15) is 9.18 Å². The first-order chi connectivity index (χ1) is 10.2. The Labute approximate surface area is 123 Å². The van der Waals surface area contributed by atoms with E-state index in [2.05, 4.69) is 0 Å². The molecule has 0 spiro atoms. The van der Waals surface area contributed by atoms with Crippen molar-refractivity contribution in [2.24, 2.45) is 0 Å². The Balaban J connectivity index is 1.76. The molecule has 0 radical (unpaired) electrons. The minimum Gasteiger partial charge on any atom is -0.497 e. The van der Waals surface area contributed by atoms with Crippen molar-refractivity contribution < 1.29 is 13.9 Å². The van der Waals surface area contributed by atoms with Crippen molar-refractivity contribution in [2.45, 2.75) is 12.5 Å². The molecule has 3 nitrogen and oxygen atoms in total. The van der Waals surface area contributed by atoms with E-state index in [0.717, 1.165) is 24.3 Å². The maximum Gasteiger partial charge on any atom is 0.254 e. The minimum absolute atomic E-state index is 0.00164. The van der Waals surface area contributed by atoms with Crippen molar-refractivity contribution in [3.8, 4) is 5.75 Å². The maximum atomic E-state index is 13.0. The van der Waals surface area contributed by atoms with Gasteiger partial charge < -0.3 is 9.64 Å². The molecule has 0 aliphatic carbocycles. The van der Waals surface area contributed by atoms with Crippen LogP contribution in [0.3, 0.4) is 0 Å². The van der Waals surface area contributed by atoms with Crippen LogP contribution in [-0.2, 0) is 0 Å². The molecule has 1 fully saturated rings. The van der Waals surface area contributed by atoms with E-state index in [0.29, 0.717) is 5.56 Å². The molecular weight excluding hydrogens is 269 g/mol. The van der Waals surface area contributed by atoms with Crippen LogP contribution in [0.25, 0.3) is 0 Å². The van der Waals surface area contributed by atoms with E-state index < -0.39 is 0 Å². The Hall–Kier alpha value is -2.36. The van der Waals surface area contributed by atoms with Crippen LogP contribution in [0.1, 0.15) is 28.4 Å². The number of amides is 1. The average Bonchev–Trinajstić information content (AvgIpc) is 2.48. The van der Waals surface area contributed by atoms with E-state index in [1.807, 2.05) is 4.90 Å². The molecule has 2 aromatic rings. The lowest BCUT2D eigenvalue weighted by molar-refractivity contribution is 0.0460. The highest BCUT2D eigenvalue weighted by molar-refractivity contribution is 5.95. The fourth-order valence-electron chi connectivity index (χ4n) is 2.56. The topological polar surface area (TPSA) is 29.5 Å². The summed E-state index contributed by atoms with van der Waals surface area (Å²) >= 11 is 0. The molecule has 1 aliphatic rings. The van der Waals surface area contributed by atoms with Crippen molar-refractivity contribution in [2.75, 3.05) is 13.7 Å². The molecule has 0 saturated carbocycles. The smallest absolute Gasteiger partial charge is 0.254 e. The van der Waals surface area contributed by atoms with Gasteiger partial charge in [-0.1, -0.05) is 12.1 Å². The number of halogens is 1. The molecular formula is C17H16FNO2. The van der Waals surface area contributed by atoms with Gasteiger partial charge in [0.1, 0.15) is 11.6 Å². The highest BCUT2D eigenvalue weighted by Gasteiger charge is 2.33. The zero-order chi connectivity index (χ0) is 14.8. The van der Waals surface area contributed by atoms with Crippen molar-refractivity contribution in [3.63, 3.8) is 0 Å². The summed E-state index contributed by atoms with van der Waals surface area (Å²) in [7, 11) is 1.59. The van der Waals surface area contributed by atoms with Crippen LogP contribution < -0.4 is 4.74 Å². The van der Waals surface area contributed by atoms with Gasteiger partial charge in [0, 0.05) is 12.1 Å². The summed E-state index contributed by atoms with van der Waals surface area (Å²) in [6.07, 6.45) is 0.910. The first-order valence-corrected chi connectivity index (χ1v) is 6.89. The summed E-state index contributed by atoms with van der Waals surface area (Å²) in [5.74, 6) is 0.467. The Morgan fingerprint density at radius 3 is 2.33 bits per heavy atom. The van der Waals surface area contributed by atoms with Gasteiger partial charge in [0.25, 0.3) is 5.91 Å². The lowest BCUT2D eigenvalue weighted by Gasteiger charge is -2.41. The molecule has 0 bridgehead atoms. The van der Waals surface area contributed by atoms with Gasteiger partial charge in [-0.05, 0) is 48.4 Å². The quantitative estimate of drug-likeness (QED) is 0.864. The number of carbonyl (C=O) groups is 1. The summed E-state index contributed by atoms with van der Waals surface area (Å²) in [6, 6.07) is 13.5. The molecule has 1 amide bonds. The summed E-state index contributed by atoms with van der Waals surface area (Å²) in [5.41, 5.74) is 1.62. The zero-order valence-corrected chi connectivity index (χ0v) is 11.8.